The molecule has 5 heteroatoms. The highest BCUT2D eigenvalue weighted by Gasteiger charge is 2.49. The zero-order valence-corrected chi connectivity index (χ0v) is 11.2. The monoisotopic (exact) mass is 278 g/mol. The van der Waals surface area contributed by atoms with E-state index in [9.17, 15) is 9.59 Å². The molecule has 1 saturated carbocycles. The summed E-state index contributed by atoms with van der Waals surface area (Å²) in [7, 11) is 0. The third-order valence-electron chi connectivity index (χ3n) is 4.07. The van der Waals surface area contributed by atoms with Gasteiger partial charge in [0.1, 0.15) is 0 Å². The Labute approximate surface area is 116 Å². The lowest BCUT2D eigenvalue weighted by molar-refractivity contribution is -0.122. The number of hydrogen-bond donors (Lipinski definition) is 1. The number of nitrogens with two attached hydrogens (primary N) is 1. The molecule has 1 aliphatic heterocycles. The first-order valence-electron chi connectivity index (χ1n) is 6.52. The third kappa shape index (κ3) is 1.91. The van der Waals surface area contributed by atoms with Gasteiger partial charge >= 0.3 is 0 Å². The van der Waals surface area contributed by atoms with Crippen LogP contribution in [0.25, 0.3) is 0 Å². The van der Waals surface area contributed by atoms with Crippen LogP contribution in [-0.4, -0.2) is 11.8 Å². The van der Waals surface area contributed by atoms with Crippen molar-refractivity contribution in [2.75, 3.05) is 10.6 Å². The van der Waals surface area contributed by atoms with Crippen molar-refractivity contribution in [1.82, 2.24) is 0 Å². The van der Waals surface area contributed by atoms with Gasteiger partial charge in [0.25, 0.3) is 0 Å². The van der Waals surface area contributed by atoms with Crippen molar-refractivity contribution in [3.63, 3.8) is 0 Å². The number of imide groups is 1. The number of halogens is 1. The van der Waals surface area contributed by atoms with E-state index in [1.54, 1.807) is 18.2 Å². The van der Waals surface area contributed by atoms with Gasteiger partial charge in [0.15, 0.2) is 0 Å². The van der Waals surface area contributed by atoms with Crippen LogP contribution in [0.2, 0.25) is 5.02 Å². The lowest BCUT2D eigenvalue weighted by Crippen LogP contribution is -2.31. The molecule has 1 heterocycles. The Bertz CT molecular complexity index is 534. The number of hydrogen-bond acceptors (Lipinski definition) is 3. The van der Waals surface area contributed by atoms with Crippen molar-refractivity contribution in [3.05, 3.63) is 23.2 Å². The maximum absolute atomic E-state index is 12.4. The van der Waals surface area contributed by atoms with Crippen molar-refractivity contribution in [3.8, 4) is 0 Å². The van der Waals surface area contributed by atoms with Gasteiger partial charge < -0.3 is 5.73 Å². The molecule has 2 N–H and O–H groups in total. The van der Waals surface area contributed by atoms with E-state index in [0.29, 0.717) is 16.4 Å². The summed E-state index contributed by atoms with van der Waals surface area (Å²) in [4.78, 5) is 26.1. The SMILES string of the molecule is Nc1cc(Cl)ccc1N1C(=O)C2CCCCC2C1=O. The Morgan fingerprint density at radius 1 is 1.11 bits per heavy atom. The number of anilines is 2. The van der Waals surface area contributed by atoms with Crippen LogP contribution in [0, 0.1) is 11.8 Å². The largest absolute Gasteiger partial charge is 0.397 e. The highest BCUT2D eigenvalue weighted by molar-refractivity contribution is 6.31. The molecule has 0 aromatic heterocycles. The minimum Gasteiger partial charge on any atom is -0.397 e. The summed E-state index contributed by atoms with van der Waals surface area (Å²) in [5, 5.41) is 0.498. The highest BCUT2D eigenvalue weighted by Crippen LogP contribution is 2.41. The molecule has 2 atom stereocenters. The van der Waals surface area contributed by atoms with Crippen molar-refractivity contribution in [2.45, 2.75) is 25.7 Å². The molecule has 2 fully saturated rings. The van der Waals surface area contributed by atoms with Crippen molar-refractivity contribution < 1.29 is 9.59 Å². The average Bonchev–Trinajstić information content (AvgIpc) is 2.64. The van der Waals surface area contributed by atoms with Crippen molar-refractivity contribution >= 4 is 34.8 Å². The van der Waals surface area contributed by atoms with Crippen molar-refractivity contribution in [2.24, 2.45) is 11.8 Å². The van der Waals surface area contributed by atoms with E-state index >= 15 is 0 Å². The Kier molecular flexibility index (Phi) is 2.97. The third-order valence-corrected chi connectivity index (χ3v) is 4.31. The number of rotatable bonds is 1. The second-order valence-electron chi connectivity index (χ2n) is 5.21. The standard InChI is InChI=1S/C14H15ClN2O2/c15-8-5-6-12(11(16)7-8)17-13(18)9-3-1-2-4-10(9)14(17)19/h5-7,9-10H,1-4,16H2. The minimum atomic E-state index is -0.156. The summed E-state index contributed by atoms with van der Waals surface area (Å²) in [5.41, 5.74) is 6.72. The van der Waals surface area contributed by atoms with Gasteiger partial charge in [-0.15, -0.1) is 0 Å². The predicted octanol–water partition coefficient (Wildman–Crippen LogP) is 2.60. The smallest absolute Gasteiger partial charge is 0.237 e. The van der Waals surface area contributed by atoms with Gasteiger partial charge in [-0.25, -0.2) is 4.90 Å². The molecule has 1 aliphatic carbocycles. The number of benzene rings is 1. The summed E-state index contributed by atoms with van der Waals surface area (Å²) in [6, 6.07) is 4.86. The van der Waals surface area contributed by atoms with E-state index in [4.69, 9.17) is 17.3 Å². The molecule has 0 radical (unpaired) electrons. The Morgan fingerprint density at radius 3 is 2.21 bits per heavy atom. The van der Waals surface area contributed by atoms with Crippen LogP contribution in [0.15, 0.2) is 18.2 Å². The van der Waals surface area contributed by atoms with Gasteiger partial charge in [-0.05, 0) is 31.0 Å². The number of carbonyl (C=O) groups is 2. The van der Waals surface area contributed by atoms with Gasteiger partial charge in [0, 0.05) is 5.02 Å². The molecule has 1 saturated heterocycles. The molecule has 1 aromatic carbocycles. The average molecular weight is 279 g/mol. The van der Waals surface area contributed by atoms with E-state index in [1.807, 2.05) is 0 Å². The lowest BCUT2D eigenvalue weighted by atomic mass is 9.81. The zero-order chi connectivity index (χ0) is 13.6. The number of nitrogen functional groups attached to an aromatic ring is 1. The highest BCUT2D eigenvalue weighted by atomic mass is 35.5. The summed E-state index contributed by atoms with van der Waals surface area (Å²) >= 11 is 5.85. The van der Waals surface area contributed by atoms with Crippen LogP contribution in [0.5, 0.6) is 0 Å². The fourth-order valence-corrected chi connectivity index (χ4v) is 3.31. The van der Waals surface area contributed by atoms with Crippen LogP contribution in [0.1, 0.15) is 25.7 Å². The van der Waals surface area contributed by atoms with E-state index in [1.165, 1.54) is 4.90 Å². The maximum Gasteiger partial charge on any atom is 0.237 e. The lowest BCUT2D eigenvalue weighted by Gasteiger charge is -2.19. The minimum absolute atomic E-state index is 0.108. The fraction of sp³-hybridized carbons (Fsp3) is 0.429. The van der Waals surface area contributed by atoms with Gasteiger partial charge in [0.2, 0.25) is 11.8 Å². The first-order chi connectivity index (χ1) is 9.09. The van der Waals surface area contributed by atoms with Gasteiger partial charge in [0.05, 0.1) is 23.2 Å². The quantitative estimate of drug-likeness (QED) is 0.634. The van der Waals surface area contributed by atoms with Crippen LogP contribution in [-0.2, 0) is 9.59 Å². The summed E-state index contributed by atoms with van der Waals surface area (Å²) < 4.78 is 0. The summed E-state index contributed by atoms with van der Waals surface area (Å²) in [5.74, 6) is -0.528. The first-order valence-corrected chi connectivity index (χ1v) is 6.90. The molecule has 0 spiro atoms. The molecular weight excluding hydrogens is 264 g/mol. The molecule has 100 valence electrons. The van der Waals surface area contributed by atoms with Crippen molar-refractivity contribution in [1.29, 1.82) is 0 Å². The fourth-order valence-electron chi connectivity index (χ4n) is 3.13. The molecule has 19 heavy (non-hydrogen) atoms. The molecule has 1 aromatic rings. The normalized spacial score (nSPS) is 26.7. The van der Waals surface area contributed by atoms with Crippen LogP contribution < -0.4 is 10.6 Å². The van der Waals surface area contributed by atoms with Crippen LogP contribution in [0.4, 0.5) is 11.4 Å². The molecule has 2 aliphatic rings. The predicted molar refractivity (Wildman–Crippen MR) is 73.8 cm³/mol. The number of amides is 2. The number of carbonyl (C=O) groups excluding carboxylic acids is 2. The van der Waals surface area contributed by atoms with Gasteiger partial charge in [-0.1, -0.05) is 24.4 Å². The number of fused-ring (bicyclic) bond motifs is 1. The molecule has 2 unspecified atom stereocenters. The molecular formula is C14H15ClN2O2. The van der Waals surface area contributed by atoms with E-state index < -0.39 is 0 Å². The molecule has 4 nitrogen and oxygen atoms in total. The maximum atomic E-state index is 12.4. The zero-order valence-electron chi connectivity index (χ0n) is 10.4. The Hall–Kier alpha value is -1.55. The van der Waals surface area contributed by atoms with E-state index in [-0.39, 0.29) is 23.7 Å². The number of nitrogens with zero attached hydrogens (tertiary/aromatic N) is 1. The van der Waals surface area contributed by atoms with Gasteiger partial charge in [-0.2, -0.15) is 0 Å². The summed E-state index contributed by atoms with van der Waals surface area (Å²) in [6.07, 6.45) is 3.65. The Morgan fingerprint density at radius 2 is 1.68 bits per heavy atom. The van der Waals surface area contributed by atoms with Gasteiger partial charge in [-0.3, -0.25) is 9.59 Å². The molecule has 0 bridgehead atoms. The first kappa shape index (κ1) is 12.5. The summed E-state index contributed by atoms with van der Waals surface area (Å²) in [6.45, 7) is 0. The van der Waals surface area contributed by atoms with Crippen LogP contribution in [0.3, 0.4) is 0 Å². The van der Waals surface area contributed by atoms with Crippen LogP contribution >= 0.6 is 11.6 Å². The van der Waals surface area contributed by atoms with E-state index in [0.717, 1.165) is 25.7 Å². The van der Waals surface area contributed by atoms with E-state index in [2.05, 4.69) is 0 Å². The second kappa shape index (κ2) is 4.53. The Balaban J connectivity index is 2.00. The molecule has 2 amide bonds. The topological polar surface area (TPSA) is 63.4 Å². The molecule has 3 rings (SSSR count). The second-order valence-corrected chi connectivity index (χ2v) is 5.65.